The Morgan fingerprint density at radius 3 is 0.979 bits per heavy atom. The summed E-state index contributed by atoms with van der Waals surface area (Å²) in [5.41, 5.74) is 0. The van der Waals surface area contributed by atoms with Crippen molar-refractivity contribution in [1.29, 1.82) is 0 Å². The zero-order valence-corrected chi connectivity index (χ0v) is 33.9. The Morgan fingerprint density at radius 1 is 0.396 bits per heavy atom. The van der Waals surface area contributed by atoms with Crippen molar-refractivity contribution in [1.82, 2.24) is 9.55 Å². The zero-order valence-electron chi connectivity index (χ0n) is 33.9. The smallest absolute Gasteiger partial charge is 0.111 e. The monoisotopic (exact) mass is 671 g/mol. The third-order valence-electron chi connectivity index (χ3n) is 11.3. The normalized spacial score (nSPS) is 12.4. The molecule has 1 heterocycles. The molecule has 0 spiro atoms. The molecule has 1 aromatic heterocycles. The lowest BCUT2D eigenvalue weighted by Gasteiger charge is -2.22. The molecule has 0 bridgehead atoms. The van der Waals surface area contributed by atoms with Gasteiger partial charge in [0.25, 0.3) is 0 Å². The maximum atomic E-state index is 5.05. The van der Waals surface area contributed by atoms with E-state index < -0.39 is 0 Å². The van der Waals surface area contributed by atoms with Crippen LogP contribution in [0, 0.1) is 0 Å². The van der Waals surface area contributed by atoms with Crippen molar-refractivity contribution in [3.63, 3.8) is 0 Å². The van der Waals surface area contributed by atoms with Crippen molar-refractivity contribution in [2.75, 3.05) is 0 Å². The van der Waals surface area contributed by atoms with Crippen LogP contribution in [-0.2, 0) is 0 Å². The Hall–Kier alpha value is -0.790. The van der Waals surface area contributed by atoms with Crippen LogP contribution in [0.1, 0.15) is 283 Å². The van der Waals surface area contributed by atoms with E-state index in [1.54, 1.807) is 0 Å². The number of rotatable bonds is 39. The van der Waals surface area contributed by atoms with Gasteiger partial charge in [0.15, 0.2) is 0 Å². The Kier molecular flexibility index (Phi) is 33.9. The van der Waals surface area contributed by atoms with E-state index in [0.29, 0.717) is 12.0 Å². The molecular weight excluding hydrogens is 581 g/mol. The van der Waals surface area contributed by atoms with Gasteiger partial charge in [-0.3, -0.25) is 0 Å². The predicted molar refractivity (Wildman–Crippen MR) is 218 cm³/mol. The zero-order chi connectivity index (χ0) is 34.6. The van der Waals surface area contributed by atoms with E-state index in [1.165, 1.54) is 243 Å². The first-order chi connectivity index (χ1) is 23.7. The summed E-state index contributed by atoms with van der Waals surface area (Å²) in [6.07, 6.45) is 57.1. The lowest BCUT2D eigenvalue weighted by molar-refractivity contribution is 0.412. The number of nitrogens with zero attached hydrogens (tertiary/aromatic N) is 2. The van der Waals surface area contributed by atoms with Gasteiger partial charge in [0.1, 0.15) is 5.82 Å². The SMILES string of the molecule is CCCCCCCCCCCCCCCCC(C)n1ccnc1C(CCCCCCCCCCCC)CCCCCCCCCCCC. The molecule has 0 saturated carbocycles. The molecule has 48 heavy (non-hydrogen) atoms. The molecule has 284 valence electrons. The van der Waals surface area contributed by atoms with Gasteiger partial charge in [0, 0.05) is 24.4 Å². The molecule has 0 amide bonds. The highest BCUT2D eigenvalue weighted by molar-refractivity contribution is 5.02. The van der Waals surface area contributed by atoms with Crippen molar-refractivity contribution in [3.8, 4) is 0 Å². The topological polar surface area (TPSA) is 17.8 Å². The fourth-order valence-corrected chi connectivity index (χ4v) is 7.95. The summed E-state index contributed by atoms with van der Waals surface area (Å²) < 4.78 is 2.60. The van der Waals surface area contributed by atoms with Gasteiger partial charge in [-0.25, -0.2) is 4.98 Å². The number of unbranched alkanes of at least 4 members (excludes halogenated alkanes) is 31. The predicted octanol–water partition coefficient (Wildman–Crippen LogP) is 17.0. The van der Waals surface area contributed by atoms with E-state index in [2.05, 4.69) is 44.7 Å². The number of hydrogen-bond donors (Lipinski definition) is 0. The summed E-state index contributed by atoms with van der Waals surface area (Å²) in [6, 6.07) is 0.586. The average molecular weight is 671 g/mol. The minimum Gasteiger partial charge on any atom is -0.332 e. The second-order valence-corrected chi connectivity index (χ2v) is 16.1. The van der Waals surface area contributed by atoms with Crippen LogP contribution in [0.2, 0.25) is 0 Å². The van der Waals surface area contributed by atoms with Crippen LogP contribution in [0.4, 0.5) is 0 Å². The standard InChI is InChI=1S/C46H90N2/c1-5-8-11-14-17-20-23-24-25-26-27-30-33-36-39-44(4)48-43-42-47-46(48)45(40-37-34-31-28-21-18-15-12-9-6-2)41-38-35-32-29-22-19-16-13-10-7-3/h42-45H,5-41H2,1-4H3. The van der Waals surface area contributed by atoms with Crippen molar-refractivity contribution >= 4 is 0 Å². The van der Waals surface area contributed by atoms with Crippen molar-refractivity contribution in [2.24, 2.45) is 0 Å². The number of aromatic nitrogens is 2. The lowest BCUT2D eigenvalue weighted by atomic mass is 9.92. The van der Waals surface area contributed by atoms with E-state index in [4.69, 9.17) is 4.98 Å². The summed E-state index contributed by atoms with van der Waals surface area (Å²) >= 11 is 0. The van der Waals surface area contributed by atoms with Gasteiger partial charge in [0.05, 0.1) is 0 Å². The third kappa shape index (κ3) is 27.0. The molecular formula is C46H90N2. The Labute approximate surface area is 304 Å². The Balaban J connectivity index is 2.36. The van der Waals surface area contributed by atoms with Gasteiger partial charge in [0.2, 0.25) is 0 Å². The molecule has 0 aliphatic rings. The number of hydrogen-bond acceptors (Lipinski definition) is 1. The first-order valence-corrected chi connectivity index (χ1v) is 22.8. The molecule has 1 atom stereocenters. The molecule has 2 nitrogen and oxygen atoms in total. The van der Waals surface area contributed by atoms with Gasteiger partial charge in [-0.15, -0.1) is 0 Å². The van der Waals surface area contributed by atoms with E-state index >= 15 is 0 Å². The summed E-state index contributed by atoms with van der Waals surface area (Å²) in [4.78, 5) is 5.05. The van der Waals surface area contributed by atoms with Crippen LogP contribution in [0.15, 0.2) is 12.4 Å². The van der Waals surface area contributed by atoms with Gasteiger partial charge in [-0.05, 0) is 26.2 Å². The van der Waals surface area contributed by atoms with E-state index in [0.717, 1.165) is 0 Å². The van der Waals surface area contributed by atoms with E-state index in [-0.39, 0.29) is 0 Å². The molecule has 1 unspecified atom stereocenters. The highest BCUT2D eigenvalue weighted by Crippen LogP contribution is 2.31. The molecule has 0 aromatic carbocycles. The summed E-state index contributed by atoms with van der Waals surface area (Å²) in [7, 11) is 0. The molecule has 0 N–H and O–H groups in total. The first-order valence-electron chi connectivity index (χ1n) is 22.8. The fraction of sp³-hybridized carbons (Fsp3) is 0.935. The van der Waals surface area contributed by atoms with Gasteiger partial charge >= 0.3 is 0 Å². The van der Waals surface area contributed by atoms with Gasteiger partial charge < -0.3 is 4.57 Å². The summed E-state index contributed by atoms with van der Waals surface area (Å²) in [6.45, 7) is 9.41. The largest absolute Gasteiger partial charge is 0.332 e. The first kappa shape index (κ1) is 45.2. The maximum absolute atomic E-state index is 5.05. The molecule has 1 rings (SSSR count). The Morgan fingerprint density at radius 2 is 0.667 bits per heavy atom. The highest BCUT2D eigenvalue weighted by atomic mass is 15.1. The minimum atomic E-state index is 0.586. The molecule has 0 radical (unpaired) electrons. The molecule has 0 aliphatic carbocycles. The van der Waals surface area contributed by atoms with E-state index in [9.17, 15) is 0 Å². The van der Waals surface area contributed by atoms with E-state index in [1.807, 2.05) is 0 Å². The van der Waals surface area contributed by atoms with Crippen LogP contribution >= 0.6 is 0 Å². The second-order valence-electron chi connectivity index (χ2n) is 16.1. The summed E-state index contributed by atoms with van der Waals surface area (Å²) in [5, 5.41) is 0. The van der Waals surface area contributed by atoms with Crippen molar-refractivity contribution in [2.45, 2.75) is 277 Å². The van der Waals surface area contributed by atoms with Gasteiger partial charge in [-0.1, -0.05) is 239 Å². The fourth-order valence-electron chi connectivity index (χ4n) is 7.95. The molecule has 2 heteroatoms. The molecule has 0 saturated heterocycles. The minimum absolute atomic E-state index is 0.586. The van der Waals surface area contributed by atoms with Crippen molar-refractivity contribution < 1.29 is 0 Å². The average Bonchev–Trinajstić information content (AvgIpc) is 3.59. The lowest BCUT2D eigenvalue weighted by Crippen LogP contribution is -2.13. The molecule has 0 fully saturated rings. The van der Waals surface area contributed by atoms with Crippen LogP contribution in [0.25, 0.3) is 0 Å². The summed E-state index contributed by atoms with van der Waals surface area (Å²) in [5.74, 6) is 2.07. The van der Waals surface area contributed by atoms with Crippen LogP contribution in [0.3, 0.4) is 0 Å². The maximum Gasteiger partial charge on any atom is 0.111 e. The molecule has 0 aliphatic heterocycles. The second kappa shape index (κ2) is 36.0. The Bertz CT molecular complexity index is 714. The van der Waals surface area contributed by atoms with Gasteiger partial charge in [-0.2, -0.15) is 0 Å². The van der Waals surface area contributed by atoms with Crippen LogP contribution < -0.4 is 0 Å². The van der Waals surface area contributed by atoms with Crippen molar-refractivity contribution in [3.05, 3.63) is 18.2 Å². The third-order valence-corrected chi connectivity index (χ3v) is 11.3. The quantitative estimate of drug-likeness (QED) is 0.0637. The highest BCUT2D eigenvalue weighted by Gasteiger charge is 2.19. The van der Waals surface area contributed by atoms with Crippen LogP contribution in [0.5, 0.6) is 0 Å². The number of imidazole rings is 1. The van der Waals surface area contributed by atoms with Crippen LogP contribution in [-0.4, -0.2) is 9.55 Å². The molecule has 1 aromatic rings.